The van der Waals surface area contributed by atoms with Gasteiger partial charge in [-0.15, -0.1) is 6.58 Å². The third-order valence-electron chi connectivity index (χ3n) is 2.08. The van der Waals surface area contributed by atoms with Crippen molar-refractivity contribution in [2.24, 2.45) is 0 Å². The van der Waals surface area contributed by atoms with Crippen molar-refractivity contribution in [3.05, 3.63) is 12.3 Å². The molecule has 0 saturated heterocycles. The molecular formula is C8H17NOSi. The minimum Gasteiger partial charge on any atom is -0.378 e. The molecule has 0 fully saturated rings. The molecule has 0 aliphatic rings. The molecule has 0 unspecified atom stereocenters. The summed E-state index contributed by atoms with van der Waals surface area (Å²) in [5.41, 5.74) is 1.95. The van der Waals surface area contributed by atoms with Gasteiger partial charge in [-0.3, -0.25) is 4.79 Å². The summed E-state index contributed by atoms with van der Waals surface area (Å²) >= 11 is 0. The minimum absolute atomic E-state index is 0.0697. The second-order valence-corrected chi connectivity index (χ2v) is 7.13. The first-order chi connectivity index (χ1) is 5.10. The van der Waals surface area contributed by atoms with Crippen LogP contribution in [-0.2, 0) is 4.79 Å². The van der Waals surface area contributed by atoms with E-state index in [-0.39, 0.29) is 5.91 Å². The van der Waals surface area contributed by atoms with E-state index in [4.69, 9.17) is 0 Å². The molecule has 0 saturated carbocycles. The molecule has 0 aromatic rings. The van der Waals surface area contributed by atoms with Crippen molar-refractivity contribution in [2.75, 3.05) is 0 Å². The Hall–Kier alpha value is -0.573. The van der Waals surface area contributed by atoms with Crippen molar-refractivity contribution >= 4 is 14.1 Å². The Balaban J connectivity index is 4.28. The van der Waals surface area contributed by atoms with E-state index in [0.717, 1.165) is 12.1 Å². The fraction of sp³-hybridized carbons (Fsp3) is 0.625. The number of amides is 1. The maximum absolute atomic E-state index is 10.8. The Bertz CT molecular complexity index is 152. The lowest BCUT2D eigenvalue weighted by atomic mass is 10.8. The van der Waals surface area contributed by atoms with E-state index in [0.29, 0.717) is 0 Å². The highest BCUT2D eigenvalue weighted by atomic mass is 28.3. The van der Waals surface area contributed by atoms with Gasteiger partial charge in [0, 0.05) is 6.92 Å². The van der Waals surface area contributed by atoms with Gasteiger partial charge in [0.2, 0.25) is 5.91 Å². The highest BCUT2D eigenvalue weighted by Crippen LogP contribution is 2.11. The molecule has 11 heavy (non-hydrogen) atoms. The van der Waals surface area contributed by atoms with Crippen LogP contribution in [0.3, 0.4) is 0 Å². The van der Waals surface area contributed by atoms with Crippen molar-refractivity contribution in [1.82, 2.24) is 4.98 Å². The molecule has 0 atom stereocenters. The third-order valence-corrected chi connectivity index (χ3v) is 6.23. The van der Waals surface area contributed by atoms with Gasteiger partial charge >= 0.3 is 0 Å². The summed E-state index contributed by atoms with van der Waals surface area (Å²) in [6.45, 7) is 9.55. The lowest BCUT2D eigenvalue weighted by molar-refractivity contribution is -0.117. The van der Waals surface area contributed by atoms with Crippen molar-refractivity contribution in [2.45, 2.75) is 32.9 Å². The van der Waals surface area contributed by atoms with Crippen LogP contribution in [0.15, 0.2) is 12.3 Å². The van der Waals surface area contributed by atoms with Crippen molar-refractivity contribution in [3.63, 3.8) is 0 Å². The van der Waals surface area contributed by atoms with Gasteiger partial charge in [0.1, 0.15) is 0 Å². The normalized spacial score (nSPS) is 10.8. The predicted molar refractivity (Wildman–Crippen MR) is 50.7 cm³/mol. The zero-order valence-corrected chi connectivity index (χ0v) is 8.61. The van der Waals surface area contributed by atoms with Crippen LogP contribution in [0.2, 0.25) is 12.1 Å². The van der Waals surface area contributed by atoms with Gasteiger partial charge in [-0.2, -0.15) is 0 Å². The maximum Gasteiger partial charge on any atom is 0.209 e. The Morgan fingerprint density at radius 2 is 2.00 bits per heavy atom. The van der Waals surface area contributed by atoms with Crippen LogP contribution in [0.25, 0.3) is 0 Å². The van der Waals surface area contributed by atoms with Crippen LogP contribution in [0.4, 0.5) is 0 Å². The summed E-state index contributed by atoms with van der Waals surface area (Å²) in [5, 5.41) is 0. The van der Waals surface area contributed by atoms with Gasteiger partial charge < -0.3 is 4.98 Å². The molecule has 0 bridgehead atoms. The molecule has 1 amide bonds. The van der Waals surface area contributed by atoms with E-state index in [2.05, 4.69) is 25.4 Å². The van der Waals surface area contributed by atoms with Crippen molar-refractivity contribution in [3.8, 4) is 0 Å². The fourth-order valence-electron chi connectivity index (χ4n) is 1.12. The third kappa shape index (κ3) is 2.88. The average Bonchev–Trinajstić information content (AvgIpc) is 2.00. The van der Waals surface area contributed by atoms with E-state index in [9.17, 15) is 4.79 Å². The Labute approximate surface area is 69.8 Å². The first-order valence-electron chi connectivity index (χ1n) is 4.02. The Kier molecular flexibility index (Phi) is 4.11. The molecule has 0 rings (SSSR count). The SMILES string of the molecule is C=C[Si](CC)(CC)NC(C)=O. The van der Waals surface area contributed by atoms with Crippen molar-refractivity contribution in [1.29, 1.82) is 0 Å². The number of hydrogen-bond donors (Lipinski definition) is 1. The number of hydrogen-bond acceptors (Lipinski definition) is 1. The summed E-state index contributed by atoms with van der Waals surface area (Å²) in [6, 6.07) is 2.07. The van der Waals surface area contributed by atoms with E-state index in [1.807, 2.05) is 5.70 Å². The number of nitrogens with one attached hydrogen (secondary N) is 1. The van der Waals surface area contributed by atoms with Gasteiger partial charge in [-0.1, -0.05) is 19.5 Å². The summed E-state index contributed by atoms with van der Waals surface area (Å²) in [5.74, 6) is 0.0697. The zero-order valence-electron chi connectivity index (χ0n) is 7.61. The van der Waals surface area contributed by atoms with E-state index in [1.54, 1.807) is 6.92 Å². The summed E-state index contributed by atoms with van der Waals surface area (Å²) in [7, 11) is -1.62. The largest absolute Gasteiger partial charge is 0.378 e. The molecule has 3 heteroatoms. The Morgan fingerprint density at radius 3 is 2.09 bits per heavy atom. The van der Waals surface area contributed by atoms with Crippen LogP contribution in [0, 0.1) is 0 Å². The smallest absolute Gasteiger partial charge is 0.209 e. The predicted octanol–water partition coefficient (Wildman–Crippen LogP) is 1.83. The molecule has 0 aromatic heterocycles. The molecule has 64 valence electrons. The molecule has 0 radical (unpaired) electrons. The van der Waals surface area contributed by atoms with Gasteiger partial charge in [0.05, 0.1) is 0 Å². The summed E-state index contributed by atoms with van der Waals surface area (Å²) < 4.78 is 0. The maximum atomic E-state index is 10.8. The highest BCUT2D eigenvalue weighted by molar-refractivity contribution is 6.83. The van der Waals surface area contributed by atoms with Gasteiger partial charge in [-0.25, -0.2) is 0 Å². The molecule has 0 heterocycles. The number of carbonyl (C=O) groups is 1. The first-order valence-corrected chi connectivity index (χ1v) is 6.51. The lowest BCUT2D eigenvalue weighted by Crippen LogP contribution is -2.50. The van der Waals surface area contributed by atoms with Gasteiger partial charge in [0.25, 0.3) is 0 Å². The Morgan fingerprint density at radius 1 is 1.55 bits per heavy atom. The van der Waals surface area contributed by atoms with Crippen LogP contribution < -0.4 is 4.98 Å². The summed E-state index contributed by atoms with van der Waals surface area (Å²) in [6.07, 6.45) is 0. The quantitative estimate of drug-likeness (QED) is 0.642. The second kappa shape index (κ2) is 4.33. The molecular weight excluding hydrogens is 154 g/mol. The number of rotatable bonds is 4. The van der Waals surface area contributed by atoms with Crippen molar-refractivity contribution < 1.29 is 4.79 Å². The van der Waals surface area contributed by atoms with E-state index < -0.39 is 8.24 Å². The lowest BCUT2D eigenvalue weighted by Gasteiger charge is -2.25. The summed E-state index contributed by atoms with van der Waals surface area (Å²) in [4.78, 5) is 13.8. The second-order valence-electron chi connectivity index (χ2n) is 2.75. The monoisotopic (exact) mass is 171 g/mol. The minimum atomic E-state index is -1.62. The average molecular weight is 171 g/mol. The zero-order chi connectivity index (χ0) is 8.91. The topological polar surface area (TPSA) is 29.1 Å². The standard InChI is InChI=1S/C8H17NOSi/c1-5-11(6-2,7-3)9-8(4)10/h5H,1,6-7H2,2-4H3,(H,9,10). The van der Waals surface area contributed by atoms with Crippen LogP contribution in [-0.4, -0.2) is 14.1 Å². The molecule has 1 N–H and O–H groups in total. The van der Waals surface area contributed by atoms with Gasteiger partial charge in [0.15, 0.2) is 8.24 Å². The van der Waals surface area contributed by atoms with E-state index >= 15 is 0 Å². The van der Waals surface area contributed by atoms with Crippen LogP contribution in [0.5, 0.6) is 0 Å². The van der Waals surface area contributed by atoms with E-state index in [1.165, 1.54) is 0 Å². The molecule has 0 spiro atoms. The first kappa shape index (κ1) is 10.4. The molecule has 0 aliphatic heterocycles. The van der Waals surface area contributed by atoms with Gasteiger partial charge in [-0.05, 0) is 12.1 Å². The fourth-order valence-corrected chi connectivity index (χ4v) is 3.35. The molecule has 0 aromatic carbocycles. The highest BCUT2D eigenvalue weighted by Gasteiger charge is 2.26. The number of carbonyl (C=O) groups excluding carboxylic acids is 1. The van der Waals surface area contributed by atoms with Crippen LogP contribution in [0.1, 0.15) is 20.8 Å². The molecule has 2 nitrogen and oxygen atoms in total. The molecule has 0 aliphatic carbocycles. The van der Waals surface area contributed by atoms with Crippen LogP contribution >= 0.6 is 0 Å².